The standard InChI is InChI=1S/C14H18F4N2O2/c1-9(13(21)19-8-14(16,17)18)20(2)7-10-4-5-12(22-3)11(15)6-10/h4-6,9H,7-8H2,1-3H3,(H,19,21). The largest absolute Gasteiger partial charge is 0.494 e. The van der Waals surface area contributed by atoms with Crippen LogP contribution in [0.1, 0.15) is 12.5 Å². The topological polar surface area (TPSA) is 41.6 Å². The maximum Gasteiger partial charge on any atom is 0.405 e. The third kappa shape index (κ3) is 5.51. The first-order valence-electron chi connectivity index (χ1n) is 6.51. The average Bonchev–Trinajstić information content (AvgIpc) is 2.43. The maximum absolute atomic E-state index is 13.6. The predicted molar refractivity (Wildman–Crippen MR) is 72.9 cm³/mol. The van der Waals surface area contributed by atoms with Crippen LogP contribution in [0.4, 0.5) is 17.6 Å². The number of carbonyl (C=O) groups is 1. The molecule has 1 amide bonds. The highest BCUT2D eigenvalue weighted by Crippen LogP contribution is 2.19. The summed E-state index contributed by atoms with van der Waals surface area (Å²) in [5.74, 6) is -1.18. The predicted octanol–water partition coefficient (Wildman–Crippen LogP) is 2.33. The van der Waals surface area contributed by atoms with Crippen LogP contribution < -0.4 is 10.1 Å². The summed E-state index contributed by atoms with van der Waals surface area (Å²) in [5.41, 5.74) is 0.580. The first kappa shape index (κ1) is 18.2. The number of hydrogen-bond acceptors (Lipinski definition) is 3. The Labute approximate surface area is 126 Å². The second kappa shape index (κ2) is 7.44. The molecule has 0 saturated carbocycles. The van der Waals surface area contributed by atoms with Crippen molar-refractivity contribution in [2.45, 2.75) is 25.7 Å². The summed E-state index contributed by atoms with van der Waals surface area (Å²) in [4.78, 5) is 13.2. The normalized spacial score (nSPS) is 13.1. The van der Waals surface area contributed by atoms with Gasteiger partial charge in [-0.05, 0) is 31.7 Å². The van der Waals surface area contributed by atoms with E-state index in [2.05, 4.69) is 0 Å². The molecule has 0 fully saturated rings. The van der Waals surface area contributed by atoms with E-state index in [4.69, 9.17) is 4.74 Å². The van der Waals surface area contributed by atoms with Crippen LogP contribution in [-0.2, 0) is 11.3 Å². The van der Waals surface area contributed by atoms with Gasteiger partial charge in [0.2, 0.25) is 5.91 Å². The minimum Gasteiger partial charge on any atom is -0.494 e. The lowest BCUT2D eigenvalue weighted by atomic mass is 10.1. The number of benzene rings is 1. The van der Waals surface area contributed by atoms with Crippen LogP contribution in [0.15, 0.2) is 18.2 Å². The number of amides is 1. The molecule has 0 aliphatic rings. The fourth-order valence-corrected chi connectivity index (χ4v) is 1.77. The highest BCUT2D eigenvalue weighted by molar-refractivity contribution is 5.81. The molecule has 0 bridgehead atoms. The lowest BCUT2D eigenvalue weighted by Gasteiger charge is -2.24. The molecule has 0 radical (unpaired) electrons. The van der Waals surface area contributed by atoms with Crippen molar-refractivity contribution in [3.05, 3.63) is 29.6 Å². The smallest absolute Gasteiger partial charge is 0.405 e. The van der Waals surface area contributed by atoms with Gasteiger partial charge in [0.25, 0.3) is 0 Å². The average molecular weight is 322 g/mol. The lowest BCUT2D eigenvalue weighted by molar-refractivity contribution is -0.141. The lowest BCUT2D eigenvalue weighted by Crippen LogP contribution is -2.45. The molecule has 0 aliphatic carbocycles. The van der Waals surface area contributed by atoms with Crippen LogP contribution in [-0.4, -0.2) is 43.7 Å². The van der Waals surface area contributed by atoms with E-state index in [0.717, 1.165) is 0 Å². The molecule has 1 aromatic rings. The van der Waals surface area contributed by atoms with Crippen LogP contribution in [0.5, 0.6) is 5.75 Å². The van der Waals surface area contributed by atoms with Crippen molar-refractivity contribution in [3.63, 3.8) is 0 Å². The number of likely N-dealkylation sites (N-methyl/N-ethyl adjacent to an activating group) is 1. The Bertz CT molecular complexity index is 520. The van der Waals surface area contributed by atoms with E-state index < -0.39 is 30.5 Å². The van der Waals surface area contributed by atoms with Crippen molar-refractivity contribution in [1.82, 2.24) is 10.2 Å². The van der Waals surface area contributed by atoms with Gasteiger partial charge in [0.1, 0.15) is 6.54 Å². The van der Waals surface area contributed by atoms with Crippen LogP contribution in [0.3, 0.4) is 0 Å². The van der Waals surface area contributed by atoms with Gasteiger partial charge in [-0.2, -0.15) is 13.2 Å². The molecule has 0 aliphatic heterocycles. The molecule has 0 saturated heterocycles. The van der Waals surface area contributed by atoms with Gasteiger partial charge in [-0.1, -0.05) is 6.07 Å². The van der Waals surface area contributed by atoms with Crippen LogP contribution in [0.25, 0.3) is 0 Å². The summed E-state index contributed by atoms with van der Waals surface area (Å²) in [6, 6.07) is 3.55. The third-order valence-corrected chi connectivity index (χ3v) is 3.15. The Morgan fingerprint density at radius 2 is 2.05 bits per heavy atom. The second-order valence-corrected chi connectivity index (χ2v) is 4.89. The van der Waals surface area contributed by atoms with E-state index in [1.165, 1.54) is 31.1 Å². The van der Waals surface area contributed by atoms with E-state index in [0.29, 0.717) is 5.56 Å². The zero-order valence-electron chi connectivity index (χ0n) is 12.5. The second-order valence-electron chi connectivity index (χ2n) is 4.89. The van der Waals surface area contributed by atoms with Crippen molar-refractivity contribution in [2.75, 3.05) is 20.7 Å². The first-order chi connectivity index (χ1) is 10.1. The summed E-state index contributed by atoms with van der Waals surface area (Å²) >= 11 is 0. The van der Waals surface area contributed by atoms with Crippen molar-refractivity contribution in [3.8, 4) is 5.75 Å². The van der Waals surface area contributed by atoms with Gasteiger partial charge in [0.05, 0.1) is 13.2 Å². The minimum atomic E-state index is -4.45. The van der Waals surface area contributed by atoms with Gasteiger partial charge in [0, 0.05) is 6.54 Å². The Morgan fingerprint density at radius 1 is 1.41 bits per heavy atom. The Balaban J connectivity index is 2.62. The number of nitrogens with zero attached hydrogens (tertiary/aromatic N) is 1. The monoisotopic (exact) mass is 322 g/mol. The summed E-state index contributed by atoms with van der Waals surface area (Å²) < 4.78 is 54.5. The molecule has 0 heterocycles. The van der Waals surface area contributed by atoms with Crippen LogP contribution in [0, 0.1) is 5.82 Å². The number of rotatable bonds is 6. The Hall–Kier alpha value is -1.83. The molecule has 124 valence electrons. The summed E-state index contributed by atoms with van der Waals surface area (Å²) in [7, 11) is 2.91. The minimum absolute atomic E-state index is 0.0994. The molecular weight excluding hydrogens is 304 g/mol. The van der Waals surface area contributed by atoms with Gasteiger partial charge in [-0.3, -0.25) is 9.69 Å². The molecule has 0 aromatic heterocycles. The fourth-order valence-electron chi connectivity index (χ4n) is 1.77. The number of carbonyl (C=O) groups excluding carboxylic acids is 1. The number of methoxy groups -OCH3 is 1. The molecule has 8 heteroatoms. The number of halogens is 4. The molecule has 1 N–H and O–H groups in total. The number of nitrogens with one attached hydrogen (secondary N) is 1. The molecular formula is C14H18F4N2O2. The highest BCUT2D eigenvalue weighted by Gasteiger charge is 2.29. The zero-order valence-corrected chi connectivity index (χ0v) is 12.5. The molecule has 22 heavy (non-hydrogen) atoms. The van der Waals surface area contributed by atoms with E-state index >= 15 is 0 Å². The summed E-state index contributed by atoms with van der Waals surface area (Å²) in [5, 5.41) is 1.82. The van der Waals surface area contributed by atoms with E-state index in [-0.39, 0.29) is 12.3 Å². The molecule has 0 spiro atoms. The van der Waals surface area contributed by atoms with Gasteiger partial charge in [-0.15, -0.1) is 0 Å². The van der Waals surface area contributed by atoms with Crippen molar-refractivity contribution in [2.24, 2.45) is 0 Å². The third-order valence-electron chi connectivity index (χ3n) is 3.15. The highest BCUT2D eigenvalue weighted by atomic mass is 19.4. The van der Waals surface area contributed by atoms with Gasteiger partial charge in [-0.25, -0.2) is 4.39 Å². The number of ether oxygens (including phenoxy) is 1. The van der Waals surface area contributed by atoms with Crippen molar-refractivity contribution >= 4 is 5.91 Å². The van der Waals surface area contributed by atoms with E-state index in [9.17, 15) is 22.4 Å². The number of alkyl halides is 3. The van der Waals surface area contributed by atoms with Crippen LogP contribution >= 0.6 is 0 Å². The Morgan fingerprint density at radius 3 is 2.55 bits per heavy atom. The van der Waals surface area contributed by atoms with E-state index in [1.54, 1.807) is 13.1 Å². The summed E-state index contributed by atoms with van der Waals surface area (Å²) in [6.07, 6.45) is -4.45. The molecule has 1 atom stereocenters. The van der Waals surface area contributed by atoms with Crippen molar-refractivity contribution in [1.29, 1.82) is 0 Å². The van der Waals surface area contributed by atoms with Gasteiger partial charge in [0.15, 0.2) is 11.6 Å². The van der Waals surface area contributed by atoms with Gasteiger partial charge >= 0.3 is 6.18 Å². The number of hydrogen-bond donors (Lipinski definition) is 1. The van der Waals surface area contributed by atoms with Crippen molar-refractivity contribution < 1.29 is 27.1 Å². The molecule has 4 nitrogen and oxygen atoms in total. The summed E-state index contributed by atoms with van der Waals surface area (Å²) in [6.45, 7) is 0.314. The molecule has 1 rings (SSSR count). The van der Waals surface area contributed by atoms with Crippen LogP contribution in [0.2, 0.25) is 0 Å². The molecule has 1 aromatic carbocycles. The maximum atomic E-state index is 13.6. The zero-order chi connectivity index (χ0) is 16.9. The Kier molecular flexibility index (Phi) is 6.16. The van der Waals surface area contributed by atoms with Gasteiger partial charge < -0.3 is 10.1 Å². The van der Waals surface area contributed by atoms with E-state index in [1.807, 2.05) is 5.32 Å². The first-order valence-corrected chi connectivity index (χ1v) is 6.51. The SMILES string of the molecule is COc1ccc(CN(C)C(C)C(=O)NCC(F)(F)F)cc1F. The fraction of sp³-hybridized carbons (Fsp3) is 0.500. The molecule has 1 unspecified atom stereocenters. The quantitative estimate of drug-likeness (QED) is 0.818.